The monoisotopic (exact) mass is 539 g/mol. The molecule has 9 heteroatoms. The standard InChI is InChI=1S/C26H30BrN5O3/c1-5-6-18(2)35-26-29-25(24-28-15-23(27)32(24)30-26)31(16-19-7-11-21(33-3)12-8-19)17-20-9-13-22(34-4)14-10-20/h7-15,18H,5-6,16-17H2,1-4H3/t18-/m1/s1. The third-order valence-electron chi connectivity index (χ3n) is 5.65. The van der Waals surface area contributed by atoms with Crippen LogP contribution in [0.2, 0.25) is 0 Å². The molecule has 0 N–H and O–H groups in total. The first-order valence-electron chi connectivity index (χ1n) is 11.6. The molecule has 0 amide bonds. The number of benzene rings is 2. The van der Waals surface area contributed by atoms with Gasteiger partial charge in [0.05, 0.1) is 26.5 Å². The highest BCUT2D eigenvalue weighted by atomic mass is 79.9. The quantitative estimate of drug-likeness (QED) is 0.242. The van der Waals surface area contributed by atoms with Crippen LogP contribution in [0, 0.1) is 0 Å². The van der Waals surface area contributed by atoms with Gasteiger partial charge in [-0.2, -0.15) is 9.50 Å². The Labute approximate surface area is 214 Å². The van der Waals surface area contributed by atoms with Crippen LogP contribution in [0.1, 0.15) is 37.8 Å². The summed E-state index contributed by atoms with van der Waals surface area (Å²) in [5.74, 6) is 2.33. The molecular weight excluding hydrogens is 510 g/mol. The van der Waals surface area contributed by atoms with Gasteiger partial charge in [-0.15, -0.1) is 5.10 Å². The Morgan fingerprint density at radius 1 is 0.943 bits per heavy atom. The molecule has 184 valence electrons. The molecule has 2 aromatic carbocycles. The molecule has 0 radical (unpaired) electrons. The van der Waals surface area contributed by atoms with E-state index in [9.17, 15) is 0 Å². The van der Waals surface area contributed by atoms with Crippen LogP contribution in [0.4, 0.5) is 5.82 Å². The molecule has 0 saturated carbocycles. The molecule has 35 heavy (non-hydrogen) atoms. The average molecular weight is 540 g/mol. The van der Waals surface area contributed by atoms with Crippen molar-refractivity contribution in [3.63, 3.8) is 0 Å². The first kappa shape index (κ1) is 24.8. The minimum atomic E-state index is 0.00391. The second-order valence-corrected chi connectivity index (χ2v) is 9.12. The SMILES string of the molecule is CCC[C@@H](C)Oc1nc(N(Cc2ccc(OC)cc2)Cc2ccc(OC)cc2)c2ncc(Br)n2n1. The Morgan fingerprint density at radius 3 is 2.03 bits per heavy atom. The second kappa shape index (κ2) is 11.4. The van der Waals surface area contributed by atoms with E-state index in [0.29, 0.717) is 30.6 Å². The molecule has 0 fully saturated rings. The number of methoxy groups -OCH3 is 2. The van der Waals surface area contributed by atoms with E-state index in [2.05, 4.69) is 62.1 Å². The van der Waals surface area contributed by atoms with Crippen molar-refractivity contribution in [2.45, 2.75) is 45.9 Å². The molecule has 1 atom stereocenters. The van der Waals surface area contributed by atoms with Crippen molar-refractivity contribution < 1.29 is 14.2 Å². The van der Waals surface area contributed by atoms with Gasteiger partial charge in [-0.1, -0.05) is 37.6 Å². The highest BCUT2D eigenvalue weighted by Gasteiger charge is 2.20. The van der Waals surface area contributed by atoms with E-state index in [1.165, 1.54) is 0 Å². The van der Waals surface area contributed by atoms with Gasteiger partial charge in [0.25, 0.3) is 0 Å². The summed E-state index contributed by atoms with van der Waals surface area (Å²) in [6.45, 7) is 5.38. The highest BCUT2D eigenvalue weighted by molar-refractivity contribution is 9.10. The Kier molecular flexibility index (Phi) is 8.07. The number of aromatic nitrogens is 4. The first-order valence-corrected chi connectivity index (χ1v) is 12.4. The van der Waals surface area contributed by atoms with E-state index < -0.39 is 0 Å². The topological polar surface area (TPSA) is 74.0 Å². The van der Waals surface area contributed by atoms with Crippen LogP contribution in [0.25, 0.3) is 5.65 Å². The zero-order valence-corrected chi connectivity index (χ0v) is 22.0. The predicted octanol–water partition coefficient (Wildman–Crippen LogP) is 5.68. The zero-order valence-electron chi connectivity index (χ0n) is 20.4. The summed E-state index contributed by atoms with van der Waals surface area (Å²) in [5, 5.41) is 4.57. The van der Waals surface area contributed by atoms with Gasteiger partial charge in [-0.3, -0.25) is 0 Å². The van der Waals surface area contributed by atoms with Crippen molar-refractivity contribution in [3.05, 3.63) is 70.5 Å². The lowest BCUT2D eigenvalue weighted by Gasteiger charge is -2.25. The first-order chi connectivity index (χ1) is 17.0. The molecule has 2 heterocycles. The van der Waals surface area contributed by atoms with Crippen LogP contribution in [0.15, 0.2) is 59.3 Å². The lowest BCUT2D eigenvalue weighted by molar-refractivity contribution is 0.189. The Bertz CT molecular complexity index is 1200. The lowest BCUT2D eigenvalue weighted by Crippen LogP contribution is -2.25. The number of ether oxygens (including phenoxy) is 3. The maximum atomic E-state index is 6.09. The fourth-order valence-electron chi connectivity index (χ4n) is 3.84. The van der Waals surface area contributed by atoms with Crippen LogP contribution in [0.5, 0.6) is 17.5 Å². The van der Waals surface area contributed by atoms with E-state index >= 15 is 0 Å². The number of hydrogen-bond acceptors (Lipinski definition) is 7. The van der Waals surface area contributed by atoms with E-state index in [1.807, 2.05) is 31.2 Å². The molecule has 0 aliphatic heterocycles. The number of fused-ring (bicyclic) bond motifs is 1. The number of imidazole rings is 1. The van der Waals surface area contributed by atoms with Gasteiger partial charge in [-0.05, 0) is 64.7 Å². The normalized spacial score (nSPS) is 11.9. The minimum Gasteiger partial charge on any atom is -0.497 e. The summed E-state index contributed by atoms with van der Waals surface area (Å²) in [4.78, 5) is 11.6. The molecular formula is C26H30BrN5O3. The molecule has 0 spiro atoms. The molecule has 0 aliphatic rings. The van der Waals surface area contributed by atoms with E-state index in [-0.39, 0.29) is 6.10 Å². The largest absolute Gasteiger partial charge is 0.497 e. The van der Waals surface area contributed by atoms with Gasteiger partial charge >= 0.3 is 6.01 Å². The van der Waals surface area contributed by atoms with Crippen molar-refractivity contribution in [2.75, 3.05) is 19.1 Å². The van der Waals surface area contributed by atoms with Crippen LogP contribution < -0.4 is 19.1 Å². The summed E-state index contributed by atoms with van der Waals surface area (Å²) < 4.78 is 19.2. The van der Waals surface area contributed by atoms with Gasteiger partial charge in [-0.25, -0.2) is 4.98 Å². The molecule has 0 bridgehead atoms. The van der Waals surface area contributed by atoms with E-state index in [0.717, 1.165) is 40.1 Å². The van der Waals surface area contributed by atoms with Crippen molar-refractivity contribution in [1.82, 2.24) is 19.6 Å². The summed E-state index contributed by atoms with van der Waals surface area (Å²) in [6.07, 6.45) is 3.67. The summed E-state index contributed by atoms with van der Waals surface area (Å²) >= 11 is 3.56. The number of nitrogens with zero attached hydrogens (tertiary/aromatic N) is 5. The smallest absolute Gasteiger partial charge is 0.336 e. The molecule has 4 rings (SSSR count). The Morgan fingerprint density at radius 2 is 1.51 bits per heavy atom. The predicted molar refractivity (Wildman–Crippen MR) is 139 cm³/mol. The van der Waals surface area contributed by atoms with Gasteiger partial charge in [0.2, 0.25) is 0 Å². The highest BCUT2D eigenvalue weighted by Crippen LogP contribution is 2.28. The van der Waals surface area contributed by atoms with Gasteiger partial charge in [0.15, 0.2) is 11.5 Å². The second-order valence-electron chi connectivity index (χ2n) is 8.30. The number of anilines is 1. The van der Waals surface area contributed by atoms with Crippen LogP contribution in [0.3, 0.4) is 0 Å². The van der Waals surface area contributed by atoms with Crippen LogP contribution in [-0.2, 0) is 13.1 Å². The molecule has 2 aromatic heterocycles. The average Bonchev–Trinajstić information content (AvgIpc) is 3.24. The Balaban J connectivity index is 1.75. The molecule has 0 unspecified atom stereocenters. The zero-order chi connectivity index (χ0) is 24.8. The van der Waals surface area contributed by atoms with Gasteiger partial charge in [0, 0.05) is 13.1 Å². The summed E-state index contributed by atoms with van der Waals surface area (Å²) in [7, 11) is 3.33. The third-order valence-corrected chi connectivity index (χ3v) is 6.19. The van der Waals surface area contributed by atoms with Crippen LogP contribution >= 0.6 is 15.9 Å². The van der Waals surface area contributed by atoms with Crippen molar-refractivity contribution in [1.29, 1.82) is 0 Å². The molecule has 4 aromatic rings. The number of hydrogen-bond donors (Lipinski definition) is 0. The van der Waals surface area contributed by atoms with Crippen molar-refractivity contribution >= 4 is 27.4 Å². The van der Waals surface area contributed by atoms with Crippen LogP contribution in [-0.4, -0.2) is 39.9 Å². The van der Waals surface area contributed by atoms with E-state index in [4.69, 9.17) is 19.2 Å². The number of rotatable bonds is 11. The molecule has 0 aliphatic carbocycles. The van der Waals surface area contributed by atoms with E-state index in [1.54, 1.807) is 24.9 Å². The summed E-state index contributed by atoms with van der Waals surface area (Å²) in [5.41, 5.74) is 2.88. The Hall–Kier alpha value is -3.33. The fraction of sp³-hybridized carbons (Fsp3) is 0.346. The minimum absolute atomic E-state index is 0.00391. The molecule has 0 saturated heterocycles. The van der Waals surface area contributed by atoms with Crippen molar-refractivity contribution in [2.24, 2.45) is 0 Å². The maximum absolute atomic E-state index is 6.09. The lowest BCUT2D eigenvalue weighted by atomic mass is 10.1. The van der Waals surface area contributed by atoms with Crippen molar-refractivity contribution in [3.8, 4) is 17.5 Å². The summed E-state index contributed by atoms with van der Waals surface area (Å²) in [6, 6.07) is 16.4. The third kappa shape index (κ3) is 6.03. The maximum Gasteiger partial charge on any atom is 0.336 e. The fourth-order valence-corrected chi connectivity index (χ4v) is 4.19. The molecule has 8 nitrogen and oxygen atoms in total. The number of halogens is 1. The van der Waals surface area contributed by atoms with Gasteiger partial charge < -0.3 is 19.1 Å². The van der Waals surface area contributed by atoms with Gasteiger partial charge in [0.1, 0.15) is 16.1 Å².